The molecule has 226 valence electrons. The average Bonchev–Trinajstić information content (AvgIpc) is 3.80. The van der Waals surface area contributed by atoms with Crippen molar-refractivity contribution in [2.24, 2.45) is 0 Å². The van der Waals surface area contributed by atoms with Crippen molar-refractivity contribution >= 4 is 65.4 Å². The minimum Gasteiger partial charge on any atom is -0.309 e. The van der Waals surface area contributed by atoms with E-state index in [0.717, 1.165) is 82.5 Å². The highest BCUT2D eigenvalue weighted by Gasteiger charge is 2.25. The van der Waals surface area contributed by atoms with E-state index in [4.69, 9.17) is 0 Å². The van der Waals surface area contributed by atoms with Crippen LogP contribution < -0.4 is 0 Å². The van der Waals surface area contributed by atoms with Crippen molar-refractivity contribution in [2.45, 2.75) is 0 Å². The first kappa shape index (κ1) is 27.1. The lowest BCUT2D eigenvalue weighted by Crippen LogP contribution is -1.98. The Morgan fingerprint density at radius 3 is 1.55 bits per heavy atom. The largest absolute Gasteiger partial charge is 0.309 e. The van der Waals surface area contributed by atoms with Gasteiger partial charge >= 0.3 is 0 Å². The molecule has 5 heteroatoms. The van der Waals surface area contributed by atoms with Crippen LogP contribution in [0.5, 0.6) is 0 Å². The Bertz CT molecular complexity index is 3050. The number of fused-ring (bicyclic) bond motifs is 11. The number of nitriles is 2. The molecule has 0 spiro atoms. The van der Waals surface area contributed by atoms with E-state index in [1.165, 1.54) is 0 Å². The van der Waals surface area contributed by atoms with Gasteiger partial charge in [-0.2, -0.15) is 10.5 Å². The van der Waals surface area contributed by atoms with Crippen LogP contribution in [0.25, 0.3) is 82.5 Å². The quantitative estimate of drug-likeness (QED) is 0.197. The molecule has 3 heterocycles. The number of hydrogen-bond donors (Lipinski definition) is 0. The maximum Gasteiger partial charge on any atom is 0.101 e. The topological polar surface area (TPSA) is 62.4 Å². The molecule has 0 aliphatic rings. The maximum absolute atomic E-state index is 10.5. The predicted molar refractivity (Wildman–Crippen MR) is 199 cm³/mol. The van der Waals surface area contributed by atoms with Gasteiger partial charge in [0.2, 0.25) is 0 Å². The molecular formula is C44H25N5. The van der Waals surface area contributed by atoms with Gasteiger partial charge < -0.3 is 13.7 Å². The predicted octanol–water partition coefficient (Wildman–Crippen LogP) is 10.7. The number of nitrogens with zero attached hydrogens (tertiary/aromatic N) is 5. The van der Waals surface area contributed by atoms with Gasteiger partial charge in [0, 0.05) is 43.7 Å². The summed E-state index contributed by atoms with van der Waals surface area (Å²) in [6.07, 6.45) is 0. The monoisotopic (exact) mass is 623 g/mol. The van der Waals surface area contributed by atoms with Crippen molar-refractivity contribution in [3.05, 3.63) is 163 Å². The Hall–Kier alpha value is -7.08. The molecule has 10 rings (SSSR count). The summed E-state index contributed by atoms with van der Waals surface area (Å²) in [7, 11) is 0. The molecule has 49 heavy (non-hydrogen) atoms. The first-order chi connectivity index (χ1) is 24.3. The van der Waals surface area contributed by atoms with Crippen LogP contribution >= 0.6 is 0 Å². The SMILES string of the molecule is N#Cc1ccc2c(c1)c1c(ccc3c4ccc5c(c6ccccc6n5-c5ccccc5)c4n(-c4ccccc4C#N)c31)n2-c1ccccc1. The van der Waals surface area contributed by atoms with Crippen LogP contribution in [0.2, 0.25) is 0 Å². The van der Waals surface area contributed by atoms with Crippen molar-refractivity contribution < 1.29 is 0 Å². The lowest BCUT2D eigenvalue weighted by Gasteiger charge is -2.12. The van der Waals surface area contributed by atoms with Crippen molar-refractivity contribution in [2.75, 3.05) is 0 Å². The molecule has 3 aromatic heterocycles. The van der Waals surface area contributed by atoms with Gasteiger partial charge in [0.15, 0.2) is 0 Å². The van der Waals surface area contributed by atoms with Crippen LogP contribution in [0.15, 0.2) is 152 Å². The fourth-order valence-corrected chi connectivity index (χ4v) is 7.93. The number of hydrogen-bond acceptors (Lipinski definition) is 2. The van der Waals surface area contributed by atoms with Gasteiger partial charge in [0.25, 0.3) is 0 Å². The molecule has 0 bridgehead atoms. The molecular weight excluding hydrogens is 599 g/mol. The second-order valence-corrected chi connectivity index (χ2v) is 12.4. The van der Waals surface area contributed by atoms with Crippen LogP contribution in [-0.4, -0.2) is 13.7 Å². The molecule has 0 radical (unpaired) electrons. The summed E-state index contributed by atoms with van der Waals surface area (Å²) >= 11 is 0. The molecule has 0 N–H and O–H groups in total. The molecule has 0 amide bonds. The van der Waals surface area contributed by atoms with E-state index in [9.17, 15) is 10.5 Å². The van der Waals surface area contributed by atoms with Gasteiger partial charge in [-0.3, -0.25) is 0 Å². The number of benzene rings is 7. The summed E-state index contributed by atoms with van der Waals surface area (Å²) in [5.41, 5.74) is 10.5. The zero-order valence-electron chi connectivity index (χ0n) is 26.2. The summed E-state index contributed by atoms with van der Waals surface area (Å²) in [5.74, 6) is 0. The summed E-state index contributed by atoms with van der Waals surface area (Å²) in [4.78, 5) is 0. The normalized spacial score (nSPS) is 11.6. The summed E-state index contributed by atoms with van der Waals surface area (Å²) in [6.45, 7) is 0. The van der Waals surface area contributed by atoms with E-state index < -0.39 is 0 Å². The summed E-state index contributed by atoms with van der Waals surface area (Å²) in [6, 6.07) is 56.9. The zero-order valence-corrected chi connectivity index (χ0v) is 26.2. The Kier molecular flexibility index (Phi) is 5.64. The first-order valence-electron chi connectivity index (χ1n) is 16.2. The van der Waals surface area contributed by atoms with Crippen LogP contribution in [0, 0.1) is 22.7 Å². The third-order valence-electron chi connectivity index (χ3n) is 9.88. The summed E-state index contributed by atoms with van der Waals surface area (Å²) < 4.78 is 6.92. The molecule has 0 unspecified atom stereocenters. The van der Waals surface area contributed by atoms with E-state index in [-0.39, 0.29) is 0 Å². The van der Waals surface area contributed by atoms with Gasteiger partial charge in [-0.15, -0.1) is 0 Å². The Morgan fingerprint density at radius 1 is 0.388 bits per heavy atom. The van der Waals surface area contributed by atoms with Crippen LogP contribution in [-0.2, 0) is 0 Å². The van der Waals surface area contributed by atoms with Crippen LogP contribution in [0.4, 0.5) is 0 Å². The molecule has 10 aromatic rings. The van der Waals surface area contributed by atoms with Gasteiger partial charge in [-0.25, -0.2) is 0 Å². The Morgan fingerprint density at radius 2 is 0.918 bits per heavy atom. The smallest absolute Gasteiger partial charge is 0.101 e. The maximum atomic E-state index is 10.5. The molecule has 0 saturated carbocycles. The van der Waals surface area contributed by atoms with Crippen molar-refractivity contribution in [3.63, 3.8) is 0 Å². The highest BCUT2D eigenvalue weighted by Crippen LogP contribution is 2.46. The lowest BCUT2D eigenvalue weighted by atomic mass is 10.0. The molecule has 7 aromatic carbocycles. The van der Waals surface area contributed by atoms with Crippen LogP contribution in [0.1, 0.15) is 11.1 Å². The lowest BCUT2D eigenvalue weighted by molar-refractivity contribution is 1.17. The van der Waals surface area contributed by atoms with E-state index in [0.29, 0.717) is 11.1 Å². The molecule has 5 nitrogen and oxygen atoms in total. The Balaban J connectivity index is 1.51. The minimum atomic E-state index is 0.589. The fourth-order valence-electron chi connectivity index (χ4n) is 7.93. The van der Waals surface area contributed by atoms with Gasteiger partial charge in [-0.1, -0.05) is 78.9 Å². The van der Waals surface area contributed by atoms with Crippen molar-refractivity contribution in [3.8, 4) is 29.2 Å². The number of rotatable bonds is 3. The minimum absolute atomic E-state index is 0.589. The van der Waals surface area contributed by atoms with E-state index in [2.05, 4.69) is 129 Å². The second kappa shape index (κ2) is 10.2. The fraction of sp³-hybridized carbons (Fsp3) is 0. The van der Waals surface area contributed by atoms with Crippen LogP contribution in [0.3, 0.4) is 0 Å². The average molecular weight is 624 g/mol. The molecule has 0 aliphatic carbocycles. The molecule has 0 atom stereocenters. The standard InChI is InChI=1S/C44H25N5/c45-26-28-19-22-38-35(25-28)42-40(48(38)31-14-5-2-6-15-31)24-21-33-32-20-23-39-41(43(32)49(44(33)42)36-17-9-7-11-29(36)27-46)34-16-8-10-18-37(34)47(39)30-12-3-1-4-13-30/h1-25H. The Labute approximate surface area is 280 Å². The van der Waals surface area contributed by atoms with E-state index in [1.807, 2.05) is 48.5 Å². The highest BCUT2D eigenvalue weighted by atomic mass is 15.0. The second-order valence-electron chi connectivity index (χ2n) is 12.4. The van der Waals surface area contributed by atoms with Crippen molar-refractivity contribution in [1.29, 1.82) is 10.5 Å². The molecule has 0 aliphatic heterocycles. The number of para-hydroxylation sites is 4. The third-order valence-corrected chi connectivity index (χ3v) is 9.88. The van der Waals surface area contributed by atoms with Gasteiger partial charge in [-0.05, 0) is 72.8 Å². The number of aromatic nitrogens is 3. The van der Waals surface area contributed by atoms with E-state index >= 15 is 0 Å². The van der Waals surface area contributed by atoms with Gasteiger partial charge in [0.05, 0.1) is 56.0 Å². The molecule has 0 saturated heterocycles. The highest BCUT2D eigenvalue weighted by molar-refractivity contribution is 6.31. The van der Waals surface area contributed by atoms with E-state index in [1.54, 1.807) is 0 Å². The third kappa shape index (κ3) is 3.67. The van der Waals surface area contributed by atoms with Crippen molar-refractivity contribution in [1.82, 2.24) is 13.7 Å². The zero-order chi connectivity index (χ0) is 32.6. The first-order valence-corrected chi connectivity index (χ1v) is 16.2. The van der Waals surface area contributed by atoms with Gasteiger partial charge in [0.1, 0.15) is 6.07 Å². The molecule has 0 fully saturated rings. The summed E-state index contributed by atoms with van der Waals surface area (Å²) in [5, 5.41) is 27.0.